The molecule has 47 heavy (non-hydrogen) atoms. The maximum atomic E-state index is 12.8. The number of aliphatic carboxylic acids is 1. The lowest BCUT2D eigenvalue weighted by molar-refractivity contribution is -0.274. The van der Waals surface area contributed by atoms with E-state index in [2.05, 4.69) is 15.6 Å². The van der Waals surface area contributed by atoms with Crippen molar-refractivity contribution in [3.63, 3.8) is 0 Å². The van der Waals surface area contributed by atoms with Crippen LogP contribution in [0.3, 0.4) is 0 Å². The van der Waals surface area contributed by atoms with E-state index in [9.17, 15) is 24.0 Å². The van der Waals surface area contributed by atoms with Crippen molar-refractivity contribution < 1.29 is 52.8 Å². The minimum absolute atomic E-state index is 0.0223. The van der Waals surface area contributed by atoms with E-state index in [1.165, 1.54) is 30.4 Å². The summed E-state index contributed by atoms with van der Waals surface area (Å²) in [7, 11) is 1.56. The summed E-state index contributed by atoms with van der Waals surface area (Å²) in [6.07, 6.45) is 1.10. The number of carbonyl (C=O) groups is 5. The number of amides is 2. The summed E-state index contributed by atoms with van der Waals surface area (Å²) in [5.74, 6) is -3.87. The minimum atomic E-state index is -1.55. The van der Waals surface area contributed by atoms with Gasteiger partial charge in [0.1, 0.15) is 17.5 Å². The molecule has 0 saturated carbocycles. The molecule has 0 spiro atoms. The molecule has 2 fully saturated rings. The van der Waals surface area contributed by atoms with Crippen LogP contribution in [0, 0.1) is 0 Å². The predicted octanol–water partition coefficient (Wildman–Crippen LogP) is 1.66. The van der Waals surface area contributed by atoms with Crippen LogP contribution in [0.25, 0.3) is 11.3 Å². The third-order valence-electron chi connectivity index (χ3n) is 7.72. The number of carboxylic acids is 1. The van der Waals surface area contributed by atoms with Gasteiger partial charge in [0.2, 0.25) is 11.8 Å². The van der Waals surface area contributed by atoms with E-state index in [-0.39, 0.29) is 37.8 Å². The molecule has 0 aliphatic carbocycles. The second kappa shape index (κ2) is 15.8. The van der Waals surface area contributed by atoms with Gasteiger partial charge in [-0.3, -0.25) is 28.9 Å². The van der Waals surface area contributed by atoms with Gasteiger partial charge in [-0.1, -0.05) is 30.2 Å². The number of ether oxygens (including phenoxy) is 5. The SMILES string of the molecule is COc1cccc(-c2cn(CC3OC4(OCCCCCCNC(=O)CCC(=O)O)C(C(OC(C)=O)C3OC(C)=O)N4C(C)=O)nn2)c1. The van der Waals surface area contributed by atoms with Gasteiger partial charge in [0.05, 0.1) is 32.9 Å². The van der Waals surface area contributed by atoms with Crippen LogP contribution in [0.4, 0.5) is 0 Å². The molecular weight excluding hydrogens is 618 g/mol. The number of methoxy groups -OCH3 is 1. The number of nitrogens with zero attached hydrogens (tertiary/aromatic N) is 4. The molecule has 1 aromatic heterocycles. The standard InChI is InChI=1S/C31H41N5O11/c1-19(37)36-30-29(46-21(3)39)28(45-20(2)38)25(18-35-17-24(33-34-35)22-10-9-11-23(16-22)43-4)47-31(30,36)44-15-8-6-5-7-14-32-26(40)12-13-27(41)42/h9-11,16-17,25,28-30H,5-8,12-15,18H2,1-4H3,(H,32,40)(H,41,42). The Morgan fingerprint density at radius 2 is 1.72 bits per heavy atom. The van der Waals surface area contributed by atoms with Gasteiger partial charge >= 0.3 is 17.9 Å². The average molecular weight is 660 g/mol. The van der Waals surface area contributed by atoms with E-state index in [1.54, 1.807) is 13.3 Å². The van der Waals surface area contributed by atoms with E-state index in [4.69, 9.17) is 28.8 Å². The molecule has 5 atom stereocenters. The normalized spacial score (nSPS) is 22.9. The van der Waals surface area contributed by atoms with Crippen LogP contribution >= 0.6 is 0 Å². The number of nitrogens with one attached hydrogen (secondary N) is 1. The van der Waals surface area contributed by atoms with Crippen LogP contribution in [0.5, 0.6) is 5.75 Å². The highest BCUT2D eigenvalue weighted by Gasteiger charge is 2.78. The van der Waals surface area contributed by atoms with Crippen LogP contribution in [0.2, 0.25) is 0 Å². The molecule has 2 N–H and O–H groups in total. The summed E-state index contributed by atoms with van der Waals surface area (Å²) in [5, 5.41) is 19.9. The second-order valence-corrected chi connectivity index (χ2v) is 11.3. The number of carbonyl (C=O) groups excluding carboxylic acids is 4. The molecule has 2 aliphatic heterocycles. The highest BCUT2D eigenvalue weighted by atomic mass is 16.8. The molecule has 2 saturated heterocycles. The lowest BCUT2D eigenvalue weighted by Gasteiger charge is -2.37. The summed E-state index contributed by atoms with van der Waals surface area (Å²) >= 11 is 0. The van der Waals surface area contributed by atoms with Crippen molar-refractivity contribution in [1.82, 2.24) is 25.2 Å². The van der Waals surface area contributed by atoms with Gasteiger partial charge in [0, 0.05) is 39.3 Å². The molecule has 16 heteroatoms. The zero-order chi connectivity index (χ0) is 34.1. The first kappa shape index (κ1) is 35.3. The Labute approximate surface area is 271 Å². The van der Waals surface area contributed by atoms with E-state index in [0.717, 1.165) is 18.4 Å². The maximum absolute atomic E-state index is 12.8. The van der Waals surface area contributed by atoms with Crippen molar-refractivity contribution in [2.75, 3.05) is 20.3 Å². The Morgan fingerprint density at radius 1 is 1.00 bits per heavy atom. The molecular formula is C31H41N5O11. The molecule has 16 nitrogen and oxygen atoms in total. The smallest absolute Gasteiger partial charge is 0.303 e. The molecule has 5 unspecified atom stereocenters. The molecule has 2 aliphatic rings. The Morgan fingerprint density at radius 3 is 2.40 bits per heavy atom. The highest BCUT2D eigenvalue weighted by Crippen LogP contribution is 2.52. The van der Waals surface area contributed by atoms with Gasteiger partial charge in [0.25, 0.3) is 5.91 Å². The molecule has 256 valence electrons. The largest absolute Gasteiger partial charge is 0.497 e. The first-order chi connectivity index (χ1) is 22.4. The maximum Gasteiger partial charge on any atom is 0.303 e. The molecule has 0 radical (unpaired) electrons. The van der Waals surface area contributed by atoms with Crippen molar-refractivity contribution in [2.24, 2.45) is 0 Å². The van der Waals surface area contributed by atoms with Gasteiger partial charge in [-0.2, -0.15) is 0 Å². The van der Waals surface area contributed by atoms with Gasteiger partial charge < -0.3 is 34.1 Å². The Bertz CT molecular complexity index is 1450. The zero-order valence-electron chi connectivity index (χ0n) is 26.9. The molecule has 2 amide bonds. The predicted molar refractivity (Wildman–Crippen MR) is 161 cm³/mol. The quantitative estimate of drug-likeness (QED) is 0.141. The monoisotopic (exact) mass is 659 g/mol. The minimum Gasteiger partial charge on any atom is -0.497 e. The summed E-state index contributed by atoms with van der Waals surface area (Å²) in [6.45, 7) is 4.45. The van der Waals surface area contributed by atoms with Crippen molar-refractivity contribution >= 4 is 29.7 Å². The fourth-order valence-electron chi connectivity index (χ4n) is 5.66. The molecule has 3 heterocycles. The van der Waals surface area contributed by atoms with Gasteiger partial charge in [-0.15, -0.1) is 5.10 Å². The Hall–Kier alpha value is -4.57. The van der Waals surface area contributed by atoms with Crippen molar-refractivity contribution in [2.45, 2.75) is 96.1 Å². The number of hydrogen-bond acceptors (Lipinski definition) is 12. The second-order valence-electron chi connectivity index (χ2n) is 11.3. The molecule has 0 bridgehead atoms. The van der Waals surface area contributed by atoms with Gasteiger partial charge in [-0.05, 0) is 25.0 Å². The fraction of sp³-hybridized carbons (Fsp3) is 0.581. The molecule has 2 aromatic rings. The number of aromatic nitrogens is 3. The average Bonchev–Trinajstić information content (AvgIpc) is 3.44. The third-order valence-corrected chi connectivity index (χ3v) is 7.72. The summed E-state index contributed by atoms with van der Waals surface area (Å²) in [4.78, 5) is 60.8. The highest BCUT2D eigenvalue weighted by molar-refractivity contribution is 5.80. The van der Waals surface area contributed by atoms with E-state index in [0.29, 0.717) is 30.8 Å². The van der Waals surface area contributed by atoms with Crippen LogP contribution < -0.4 is 10.1 Å². The van der Waals surface area contributed by atoms with E-state index < -0.39 is 48.2 Å². The number of esters is 2. The van der Waals surface area contributed by atoms with Crippen LogP contribution in [0.15, 0.2) is 30.5 Å². The molecule has 4 rings (SSSR count). The van der Waals surface area contributed by atoms with Crippen molar-refractivity contribution in [3.05, 3.63) is 30.5 Å². The number of unbranched alkanes of at least 4 members (excludes halogenated alkanes) is 3. The summed E-state index contributed by atoms with van der Waals surface area (Å²) < 4.78 is 30.8. The number of hydrogen-bond donors (Lipinski definition) is 2. The Kier molecular flexibility index (Phi) is 11.9. The van der Waals surface area contributed by atoms with Crippen molar-refractivity contribution in [1.29, 1.82) is 0 Å². The van der Waals surface area contributed by atoms with Crippen LogP contribution in [-0.4, -0.2) is 105 Å². The van der Waals surface area contributed by atoms with E-state index in [1.807, 2.05) is 24.3 Å². The van der Waals surface area contributed by atoms with Crippen LogP contribution in [-0.2, 0) is 49.5 Å². The van der Waals surface area contributed by atoms with Gasteiger partial charge in [-0.25, -0.2) is 4.68 Å². The number of fused-ring (bicyclic) bond motifs is 1. The zero-order valence-corrected chi connectivity index (χ0v) is 26.9. The number of rotatable bonds is 17. The topological polar surface area (TPSA) is 197 Å². The number of carboxylic acid groups (broad SMARTS) is 1. The van der Waals surface area contributed by atoms with Crippen LogP contribution in [0.1, 0.15) is 59.3 Å². The summed E-state index contributed by atoms with van der Waals surface area (Å²) in [6, 6.07) is 6.44. The first-order valence-corrected chi connectivity index (χ1v) is 15.4. The van der Waals surface area contributed by atoms with E-state index >= 15 is 0 Å². The van der Waals surface area contributed by atoms with Crippen molar-refractivity contribution in [3.8, 4) is 17.0 Å². The molecule has 1 aromatic carbocycles. The lowest BCUT2D eigenvalue weighted by Crippen LogP contribution is -2.56. The first-order valence-electron chi connectivity index (χ1n) is 15.4. The summed E-state index contributed by atoms with van der Waals surface area (Å²) in [5.41, 5.74) is 1.32. The number of benzene rings is 1. The lowest BCUT2D eigenvalue weighted by atomic mass is 10.00. The fourth-order valence-corrected chi connectivity index (χ4v) is 5.66. The third kappa shape index (κ3) is 9.04. The Balaban J connectivity index is 1.44. The van der Waals surface area contributed by atoms with Gasteiger partial charge in [0.15, 0.2) is 18.2 Å².